The van der Waals surface area contributed by atoms with Crippen LogP contribution >= 0.6 is 0 Å². The van der Waals surface area contributed by atoms with Crippen LogP contribution in [0.2, 0.25) is 0 Å². The van der Waals surface area contributed by atoms with Gasteiger partial charge in [0.2, 0.25) is 0 Å². The number of amides is 1. The second-order valence-electron chi connectivity index (χ2n) is 5.29. The van der Waals surface area contributed by atoms with Crippen molar-refractivity contribution in [1.82, 2.24) is 10.3 Å². The molecule has 1 aliphatic carbocycles. The lowest BCUT2D eigenvalue weighted by molar-refractivity contribution is 0.0949. The second-order valence-corrected chi connectivity index (χ2v) is 5.29. The van der Waals surface area contributed by atoms with E-state index in [1.807, 2.05) is 0 Å². The van der Waals surface area contributed by atoms with Gasteiger partial charge in [-0.15, -0.1) is 0 Å². The molecule has 1 fully saturated rings. The number of hydrazine groups is 1. The number of nitrogens with two attached hydrogens (primary N) is 1. The smallest absolute Gasteiger partial charge is 0.268 e. The van der Waals surface area contributed by atoms with Crippen molar-refractivity contribution in [2.45, 2.75) is 39.3 Å². The summed E-state index contributed by atoms with van der Waals surface area (Å²) in [4.78, 5) is 14.0. The Morgan fingerprint density at radius 1 is 1.61 bits per heavy atom. The normalized spacial score (nSPS) is 15.4. The van der Waals surface area contributed by atoms with Crippen LogP contribution in [-0.2, 0) is 6.54 Å². The number of nitrogens with one attached hydrogen (secondary N) is 1. The zero-order valence-electron chi connectivity index (χ0n) is 11.0. The number of nitrogens with zero attached hydrogens (tertiary/aromatic N) is 1. The van der Waals surface area contributed by atoms with Crippen molar-refractivity contribution < 1.29 is 9.21 Å². The maximum Gasteiger partial charge on any atom is 0.268 e. The Hall–Kier alpha value is -1.33. The molecule has 1 aromatic heterocycles. The van der Waals surface area contributed by atoms with Gasteiger partial charge >= 0.3 is 0 Å². The maximum absolute atomic E-state index is 11.6. The molecule has 0 aromatic carbocycles. The fourth-order valence-electron chi connectivity index (χ4n) is 2.18. The minimum atomic E-state index is -0.293. The summed E-state index contributed by atoms with van der Waals surface area (Å²) in [6, 6.07) is 2.31. The van der Waals surface area contributed by atoms with Gasteiger partial charge in [-0.2, -0.15) is 0 Å². The Morgan fingerprint density at radius 3 is 2.89 bits per heavy atom. The molecule has 0 aliphatic heterocycles. The molecule has 2 rings (SSSR count). The van der Waals surface area contributed by atoms with E-state index in [0.29, 0.717) is 29.8 Å². The monoisotopic (exact) mass is 251 g/mol. The first-order chi connectivity index (χ1) is 8.61. The van der Waals surface area contributed by atoms with E-state index in [9.17, 15) is 4.79 Å². The zero-order chi connectivity index (χ0) is 13.1. The van der Waals surface area contributed by atoms with Gasteiger partial charge in [-0.05, 0) is 24.8 Å². The van der Waals surface area contributed by atoms with Crippen molar-refractivity contribution in [2.75, 3.05) is 6.54 Å². The van der Waals surface area contributed by atoms with Crippen LogP contribution < -0.4 is 11.3 Å². The van der Waals surface area contributed by atoms with E-state index in [2.05, 4.69) is 24.2 Å². The van der Waals surface area contributed by atoms with Gasteiger partial charge in [0, 0.05) is 12.6 Å². The fourth-order valence-corrected chi connectivity index (χ4v) is 2.18. The largest absolute Gasteiger partial charge is 0.467 e. The highest BCUT2D eigenvalue weighted by Gasteiger charge is 2.30. The summed E-state index contributed by atoms with van der Waals surface area (Å²) in [5, 5.41) is 0. The lowest BCUT2D eigenvalue weighted by Gasteiger charge is -2.23. The van der Waals surface area contributed by atoms with Gasteiger partial charge in [0.25, 0.3) is 5.91 Å². The Labute approximate surface area is 107 Å². The third-order valence-electron chi connectivity index (χ3n) is 3.13. The first-order valence-corrected chi connectivity index (χ1v) is 6.43. The van der Waals surface area contributed by atoms with Crippen LogP contribution in [-0.4, -0.2) is 23.4 Å². The number of nitrogen functional groups attached to an aromatic ring is 1. The van der Waals surface area contributed by atoms with E-state index in [4.69, 9.17) is 10.3 Å². The Morgan fingerprint density at radius 2 is 2.33 bits per heavy atom. The van der Waals surface area contributed by atoms with Crippen LogP contribution in [0.4, 0.5) is 0 Å². The van der Waals surface area contributed by atoms with Gasteiger partial charge in [-0.25, -0.2) is 5.84 Å². The summed E-state index contributed by atoms with van der Waals surface area (Å²) in [6.07, 6.45) is 4.03. The van der Waals surface area contributed by atoms with Crippen molar-refractivity contribution in [3.63, 3.8) is 0 Å². The van der Waals surface area contributed by atoms with Crippen molar-refractivity contribution >= 4 is 5.91 Å². The predicted octanol–water partition coefficient (Wildman–Crippen LogP) is 1.50. The Balaban J connectivity index is 2.06. The summed E-state index contributed by atoms with van der Waals surface area (Å²) in [5.41, 5.74) is 2.68. The standard InChI is InChI=1S/C13H21N3O2/c1-9(2)7-16(10-3-4-10)8-12-11(5-6-18-12)13(17)15-14/h5-6,9-10H,3-4,7-8,14H2,1-2H3,(H,15,17). The Bertz CT molecular complexity index is 410. The molecule has 100 valence electrons. The highest BCUT2D eigenvalue weighted by atomic mass is 16.3. The molecule has 0 unspecified atom stereocenters. The molecular weight excluding hydrogens is 230 g/mol. The minimum absolute atomic E-state index is 0.293. The lowest BCUT2D eigenvalue weighted by Crippen LogP contribution is -2.33. The fraction of sp³-hybridized carbons (Fsp3) is 0.615. The molecule has 1 aliphatic rings. The van der Waals surface area contributed by atoms with Gasteiger partial charge in [-0.1, -0.05) is 13.8 Å². The van der Waals surface area contributed by atoms with E-state index in [0.717, 1.165) is 6.54 Å². The summed E-state index contributed by atoms with van der Waals surface area (Å²) in [6.45, 7) is 6.10. The zero-order valence-corrected chi connectivity index (χ0v) is 11.0. The van der Waals surface area contributed by atoms with E-state index in [-0.39, 0.29) is 5.91 Å². The Kier molecular flexibility index (Phi) is 4.04. The summed E-state index contributed by atoms with van der Waals surface area (Å²) < 4.78 is 5.42. The molecule has 0 bridgehead atoms. The van der Waals surface area contributed by atoms with E-state index < -0.39 is 0 Å². The van der Waals surface area contributed by atoms with Crippen molar-refractivity contribution in [3.05, 3.63) is 23.7 Å². The molecule has 1 heterocycles. The molecule has 5 heteroatoms. The van der Waals surface area contributed by atoms with Crippen LogP contribution in [0.3, 0.4) is 0 Å². The van der Waals surface area contributed by atoms with Crippen LogP contribution in [0, 0.1) is 5.92 Å². The number of furan rings is 1. The first-order valence-electron chi connectivity index (χ1n) is 6.43. The SMILES string of the molecule is CC(C)CN(Cc1occc1C(=O)NN)C1CC1. The maximum atomic E-state index is 11.6. The minimum Gasteiger partial charge on any atom is -0.467 e. The van der Waals surface area contributed by atoms with Gasteiger partial charge in [0.1, 0.15) is 5.76 Å². The van der Waals surface area contributed by atoms with Crippen LogP contribution in [0.1, 0.15) is 42.8 Å². The number of carbonyl (C=O) groups is 1. The van der Waals surface area contributed by atoms with Crippen LogP contribution in [0.25, 0.3) is 0 Å². The summed E-state index contributed by atoms with van der Waals surface area (Å²) >= 11 is 0. The quantitative estimate of drug-likeness (QED) is 0.456. The molecule has 0 spiro atoms. The number of hydrogen-bond acceptors (Lipinski definition) is 4. The van der Waals surface area contributed by atoms with Crippen LogP contribution in [0.15, 0.2) is 16.7 Å². The average Bonchev–Trinajstić information content (AvgIpc) is 3.08. The third-order valence-corrected chi connectivity index (χ3v) is 3.13. The number of hydrogen-bond donors (Lipinski definition) is 2. The molecule has 3 N–H and O–H groups in total. The molecule has 1 saturated carbocycles. The predicted molar refractivity (Wildman–Crippen MR) is 68.6 cm³/mol. The first kappa shape index (κ1) is 13.1. The molecule has 0 saturated heterocycles. The van der Waals surface area contributed by atoms with Crippen molar-refractivity contribution in [3.8, 4) is 0 Å². The number of carbonyl (C=O) groups excluding carboxylic acids is 1. The molecule has 18 heavy (non-hydrogen) atoms. The molecule has 0 radical (unpaired) electrons. The lowest BCUT2D eigenvalue weighted by atomic mass is 10.1. The molecule has 1 aromatic rings. The van der Waals surface area contributed by atoms with E-state index in [1.165, 1.54) is 12.8 Å². The molecular formula is C13H21N3O2. The van der Waals surface area contributed by atoms with E-state index >= 15 is 0 Å². The highest BCUT2D eigenvalue weighted by Crippen LogP contribution is 2.29. The van der Waals surface area contributed by atoms with Crippen molar-refractivity contribution in [1.29, 1.82) is 0 Å². The third kappa shape index (κ3) is 3.11. The average molecular weight is 251 g/mol. The molecule has 1 amide bonds. The van der Waals surface area contributed by atoms with Crippen LogP contribution in [0.5, 0.6) is 0 Å². The summed E-state index contributed by atoms with van der Waals surface area (Å²) in [7, 11) is 0. The summed E-state index contributed by atoms with van der Waals surface area (Å²) in [5.74, 6) is 6.17. The second kappa shape index (κ2) is 5.54. The van der Waals surface area contributed by atoms with Gasteiger partial charge in [0.05, 0.1) is 18.4 Å². The van der Waals surface area contributed by atoms with Gasteiger partial charge in [-0.3, -0.25) is 15.1 Å². The van der Waals surface area contributed by atoms with Gasteiger partial charge in [0.15, 0.2) is 0 Å². The molecule has 5 nitrogen and oxygen atoms in total. The van der Waals surface area contributed by atoms with Gasteiger partial charge < -0.3 is 4.42 Å². The number of rotatable bonds is 6. The van der Waals surface area contributed by atoms with E-state index in [1.54, 1.807) is 12.3 Å². The molecule has 0 atom stereocenters. The van der Waals surface area contributed by atoms with Crippen molar-refractivity contribution in [2.24, 2.45) is 11.8 Å². The highest BCUT2D eigenvalue weighted by molar-refractivity contribution is 5.94. The topological polar surface area (TPSA) is 71.5 Å².